The minimum Gasteiger partial charge on any atom is -0.356 e. The van der Waals surface area contributed by atoms with Crippen LogP contribution >= 0.6 is 0 Å². The van der Waals surface area contributed by atoms with Crippen molar-refractivity contribution in [3.63, 3.8) is 0 Å². The summed E-state index contributed by atoms with van der Waals surface area (Å²) in [5.41, 5.74) is 1.81. The molecular weight excluding hydrogens is 357 g/mol. The number of halogens is 1. The van der Waals surface area contributed by atoms with Crippen LogP contribution in [0.4, 0.5) is 4.39 Å². The molecule has 0 bridgehead atoms. The third-order valence-corrected chi connectivity index (χ3v) is 5.36. The fraction of sp³-hybridized carbons (Fsp3) is 0.429. The van der Waals surface area contributed by atoms with Gasteiger partial charge in [-0.1, -0.05) is 30.2 Å². The molecule has 0 saturated heterocycles. The monoisotopic (exact) mass is 381 g/mol. The number of hydrogen-bond acceptors (Lipinski definition) is 4. The molecule has 4 rings (SSSR count). The summed E-state index contributed by atoms with van der Waals surface area (Å²) in [6, 6.07) is 8.08. The van der Waals surface area contributed by atoms with Gasteiger partial charge in [0.15, 0.2) is 0 Å². The maximum Gasteiger partial charge on any atom is 0.226 e. The highest BCUT2D eigenvalue weighted by molar-refractivity contribution is 5.85. The van der Waals surface area contributed by atoms with Crippen molar-refractivity contribution in [1.82, 2.24) is 25.3 Å². The predicted octanol–water partition coefficient (Wildman–Crippen LogP) is 3.53. The largest absolute Gasteiger partial charge is 0.356 e. The highest BCUT2D eigenvalue weighted by Crippen LogP contribution is 2.27. The summed E-state index contributed by atoms with van der Waals surface area (Å²) in [6.07, 6.45) is 8.22. The standard InChI is InChI=1S/C21H24FN5O/c22-19-5-2-1-4-18(19)21(28)24-9-3-11-27-14-20(25-26-27)16-6-7-17-13-23-10-8-15(17)12-16/h6-8,10,12-14,18-19H,1-5,9,11H2,(H,24,28). The topological polar surface area (TPSA) is 72.7 Å². The fourth-order valence-electron chi connectivity index (χ4n) is 3.75. The van der Waals surface area contributed by atoms with Crippen molar-refractivity contribution in [3.8, 4) is 11.3 Å². The summed E-state index contributed by atoms with van der Waals surface area (Å²) < 4.78 is 15.6. The van der Waals surface area contributed by atoms with Crippen LogP contribution in [0.5, 0.6) is 0 Å². The highest BCUT2D eigenvalue weighted by Gasteiger charge is 2.30. The number of carbonyl (C=O) groups excluding carboxylic acids is 1. The zero-order valence-electron chi connectivity index (χ0n) is 15.7. The Kier molecular flexibility index (Phi) is 5.60. The van der Waals surface area contributed by atoms with E-state index >= 15 is 0 Å². The van der Waals surface area contributed by atoms with E-state index in [9.17, 15) is 9.18 Å². The van der Waals surface area contributed by atoms with Gasteiger partial charge in [0.1, 0.15) is 11.9 Å². The van der Waals surface area contributed by atoms with Crippen molar-refractivity contribution < 1.29 is 9.18 Å². The van der Waals surface area contributed by atoms with Crippen molar-refractivity contribution in [2.75, 3.05) is 6.54 Å². The molecule has 1 aliphatic rings. The van der Waals surface area contributed by atoms with Gasteiger partial charge in [0.2, 0.25) is 5.91 Å². The van der Waals surface area contributed by atoms with E-state index in [1.54, 1.807) is 10.9 Å². The summed E-state index contributed by atoms with van der Waals surface area (Å²) in [5, 5.41) is 13.5. The molecule has 1 N–H and O–H groups in total. The van der Waals surface area contributed by atoms with Gasteiger partial charge in [-0.05, 0) is 36.8 Å². The number of aryl methyl sites for hydroxylation is 1. The third kappa shape index (κ3) is 4.18. The number of nitrogens with zero attached hydrogens (tertiary/aromatic N) is 4. The summed E-state index contributed by atoms with van der Waals surface area (Å²) in [7, 11) is 0. The van der Waals surface area contributed by atoms with Crippen LogP contribution in [0.25, 0.3) is 22.0 Å². The quantitative estimate of drug-likeness (QED) is 0.663. The Morgan fingerprint density at radius 1 is 1.21 bits per heavy atom. The number of carbonyl (C=O) groups is 1. The summed E-state index contributed by atoms with van der Waals surface area (Å²) in [5.74, 6) is -0.632. The molecule has 3 aromatic rings. The van der Waals surface area contributed by atoms with Gasteiger partial charge in [0.05, 0.1) is 12.1 Å². The molecule has 1 amide bonds. The van der Waals surface area contributed by atoms with Crippen LogP contribution in [0, 0.1) is 5.92 Å². The van der Waals surface area contributed by atoms with Crippen LogP contribution in [-0.2, 0) is 11.3 Å². The van der Waals surface area contributed by atoms with Gasteiger partial charge in [-0.3, -0.25) is 14.5 Å². The molecule has 2 atom stereocenters. The number of benzene rings is 1. The maximum absolute atomic E-state index is 13.8. The maximum atomic E-state index is 13.8. The summed E-state index contributed by atoms with van der Waals surface area (Å²) >= 11 is 0. The molecule has 0 spiro atoms. The van der Waals surface area contributed by atoms with Crippen LogP contribution in [0.1, 0.15) is 32.1 Å². The first-order chi connectivity index (χ1) is 13.7. The van der Waals surface area contributed by atoms with Gasteiger partial charge in [-0.2, -0.15) is 0 Å². The number of aromatic nitrogens is 4. The van der Waals surface area contributed by atoms with Crippen LogP contribution in [-0.4, -0.2) is 38.6 Å². The average molecular weight is 381 g/mol. The Morgan fingerprint density at radius 3 is 3.00 bits per heavy atom. The van der Waals surface area contributed by atoms with Crippen molar-refractivity contribution in [3.05, 3.63) is 42.9 Å². The molecule has 2 unspecified atom stereocenters. The summed E-state index contributed by atoms with van der Waals surface area (Å²) in [6.45, 7) is 1.16. The van der Waals surface area contributed by atoms with E-state index in [2.05, 4.69) is 26.7 Å². The van der Waals surface area contributed by atoms with E-state index in [4.69, 9.17) is 0 Å². The number of nitrogens with one attached hydrogen (secondary N) is 1. The SMILES string of the molecule is O=C(NCCCn1cc(-c2ccc3cnccc3c2)nn1)C1CCCCC1F. The minimum atomic E-state index is -0.996. The number of pyridine rings is 1. The molecule has 1 aromatic carbocycles. The Balaban J connectivity index is 1.29. The Bertz CT molecular complexity index is 957. The smallest absolute Gasteiger partial charge is 0.226 e. The van der Waals surface area contributed by atoms with Crippen molar-refractivity contribution in [1.29, 1.82) is 0 Å². The fourth-order valence-corrected chi connectivity index (χ4v) is 3.75. The molecular formula is C21H24FN5O. The van der Waals surface area contributed by atoms with E-state index in [1.807, 2.05) is 30.6 Å². The minimum absolute atomic E-state index is 0.155. The molecule has 0 aliphatic heterocycles. The molecule has 28 heavy (non-hydrogen) atoms. The molecule has 1 aliphatic carbocycles. The number of amides is 1. The van der Waals surface area contributed by atoms with Gasteiger partial charge in [0, 0.05) is 36.4 Å². The molecule has 146 valence electrons. The first kappa shape index (κ1) is 18.5. The highest BCUT2D eigenvalue weighted by atomic mass is 19.1. The van der Waals surface area contributed by atoms with Crippen molar-refractivity contribution >= 4 is 16.7 Å². The lowest BCUT2D eigenvalue weighted by Crippen LogP contribution is -2.38. The summed E-state index contributed by atoms with van der Waals surface area (Å²) in [4.78, 5) is 16.3. The molecule has 1 saturated carbocycles. The van der Waals surface area contributed by atoms with Crippen molar-refractivity contribution in [2.24, 2.45) is 5.92 Å². The van der Waals surface area contributed by atoms with Gasteiger partial charge in [-0.25, -0.2) is 4.39 Å². The first-order valence-electron chi connectivity index (χ1n) is 9.87. The first-order valence-corrected chi connectivity index (χ1v) is 9.87. The second-order valence-electron chi connectivity index (χ2n) is 7.36. The number of hydrogen-bond donors (Lipinski definition) is 1. The van der Waals surface area contributed by atoms with E-state index < -0.39 is 12.1 Å². The Hall–Kier alpha value is -2.83. The van der Waals surface area contributed by atoms with Crippen LogP contribution < -0.4 is 5.32 Å². The number of alkyl halides is 1. The second-order valence-corrected chi connectivity index (χ2v) is 7.36. The van der Waals surface area contributed by atoms with Crippen LogP contribution in [0.15, 0.2) is 42.9 Å². The molecule has 2 aromatic heterocycles. The molecule has 7 heteroatoms. The lowest BCUT2D eigenvalue weighted by Gasteiger charge is -2.24. The number of rotatable bonds is 6. The third-order valence-electron chi connectivity index (χ3n) is 5.36. The van der Waals surface area contributed by atoms with Gasteiger partial charge in [0.25, 0.3) is 0 Å². The Labute approximate surface area is 163 Å². The molecule has 0 radical (unpaired) electrons. The van der Waals surface area contributed by atoms with Crippen LogP contribution in [0.3, 0.4) is 0 Å². The molecule has 1 fully saturated rings. The zero-order chi connectivity index (χ0) is 19.3. The molecule has 6 nitrogen and oxygen atoms in total. The van der Waals surface area contributed by atoms with E-state index in [0.29, 0.717) is 25.9 Å². The Morgan fingerprint density at radius 2 is 2.11 bits per heavy atom. The number of fused-ring (bicyclic) bond motifs is 1. The molecule has 2 heterocycles. The predicted molar refractivity (Wildman–Crippen MR) is 105 cm³/mol. The lowest BCUT2D eigenvalue weighted by molar-refractivity contribution is -0.128. The lowest BCUT2D eigenvalue weighted by atomic mass is 9.87. The normalized spacial score (nSPS) is 19.6. The zero-order valence-corrected chi connectivity index (χ0v) is 15.7. The van der Waals surface area contributed by atoms with Crippen molar-refractivity contribution in [2.45, 2.75) is 44.8 Å². The van der Waals surface area contributed by atoms with Gasteiger partial charge >= 0.3 is 0 Å². The van der Waals surface area contributed by atoms with Gasteiger partial charge < -0.3 is 5.32 Å². The second kappa shape index (κ2) is 8.46. The van der Waals surface area contributed by atoms with Gasteiger partial charge in [-0.15, -0.1) is 5.10 Å². The van der Waals surface area contributed by atoms with Crippen LogP contribution in [0.2, 0.25) is 0 Å². The van der Waals surface area contributed by atoms with E-state index in [-0.39, 0.29) is 5.91 Å². The van der Waals surface area contributed by atoms with E-state index in [0.717, 1.165) is 41.3 Å². The van der Waals surface area contributed by atoms with E-state index in [1.165, 1.54) is 0 Å². The average Bonchev–Trinajstić information content (AvgIpc) is 3.20.